The second-order valence-corrected chi connectivity index (χ2v) is 5.98. The summed E-state index contributed by atoms with van der Waals surface area (Å²) in [6.07, 6.45) is 2.82. The highest BCUT2D eigenvalue weighted by atomic mass is 19.1. The Kier molecular flexibility index (Phi) is 4.76. The number of carbonyl (C=O) groups is 1. The standard InChI is InChI=1S/C18H19FN2O3/c19-16-3-1-12(11-22)9-15(16)14-2-4-17(20-10-14)21-7-5-13(6-8-21)18(23)24/h1-4,9-10,13,22H,5-8,11H2,(H,23,24). The van der Waals surface area contributed by atoms with Gasteiger partial charge in [-0.3, -0.25) is 4.79 Å². The number of piperidine rings is 1. The van der Waals surface area contributed by atoms with Crippen molar-refractivity contribution in [3.63, 3.8) is 0 Å². The molecule has 5 nitrogen and oxygen atoms in total. The van der Waals surface area contributed by atoms with E-state index in [0.717, 1.165) is 5.82 Å². The van der Waals surface area contributed by atoms with E-state index >= 15 is 0 Å². The van der Waals surface area contributed by atoms with Gasteiger partial charge in [0.1, 0.15) is 11.6 Å². The van der Waals surface area contributed by atoms with E-state index in [2.05, 4.69) is 4.98 Å². The highest BCUT2D eigenvalue weighted by Gasteiger charge is 2.25. The summed E-state index contributed by atoms with van der Waals surface area (Å²) in [5, 5.41) is 18.2. The average molecular weight is 330 g/mol. The van der Waals surface area contributed by atoms with Crippen LogP contribution in [0, 0.1) is 11.7 Å². The molecule has 1 aromatic carbocycles. The molecule has 0 saturated carbocycles. The van der Waals surface area contributed by atoms with E-state index in [1.807, 2.05) is 11.0 Å². The summed E-state index contributed by atoms with van der Waals surface area (Å²) < 4.78 is 14.0. The summed E-state index contributed by atoms with van der Waals surface area (Å²) in [5.74, 6) is -0.613. The second-order valence-electron chi connectivity index (χ2n) is 5.98. The molecule has 1 saturated heterocycles. The molecule has 24 heavy (non-hydrogen) atoms. The number of hydrogen-bond donors (Lipinski definition) is 2. The molecule has 2 heterocycles. The number of aliphatic hydroxyl groups is 1. The number of nitrogens with zero attached hydrogens (tertiary/aromatic N) is 2. The third-order valence-corrected chi connectivity index (χ3v) is 4.44. The van der Waals surface area contributed by atoms with Gasteiger partial charge in [0.2, 0.25) is 0 Å². The van der Waals surface area contributed by atoms with E-state index in [9.17, 15) is 14.3 Å². The zero-order chi connectivity index (χ0) is 17.1. The third kappa shape index (κ3) is 3.38. The Bertz CT molecular complexity index is 726. The van der Waals surface area contributed by atoms with Crippen molar-refractivity contribution in [2.75, 3.05) is 18.0 Å². The van der Waals surface area contributed by atoms with Crippen LogP contribution in [0.2, 0.25) is 0 Å². The smallest absolute Gasteiger partial charge is 0.306 e. The normalized spacial score (nSPS) is 15.5. The number of anilines is 1. The van der Waals surface area contributed by atoms with Crippen LogP contribution >= 0.6 is 0 Å². The molecule has 1 aromatic heterocycles. The lowest BCUT2D eigenvalue weighted by atomic mass is 9.97. The van der Waals surface area contributed by atoms with E-state index in [1.54, 1.807) is 24.4 Å². The Morgan fingerprint density at radius 1 is 1.25 bits per heavy atom. The van der Waals surface area contributed by atoms with E-state index < -0.39 is 5.97 Å². The lowest BCUT2D eigenvalue weighted by Gasteiger charge is -2.31. The number of pyridine rings is 1. The number of carboxylic acids is 1. The quantitative estimate of drug-likeness (QED) is 0.902. The maximum Gasteiger partial charge on any atom is 0.306 e. The van der Waals surface area contributed by atoms with Gasteiger partial charge in [0.15, 0.2) is 0 Å². The number of aromatic nitrogens is 1. The first-order valence-electron chi connectivity index (χ1n) is 7.92. The number of aliphatic carboxylic acids is 1. The summed E-state index contributed by atoms with van der Waals surface area (Å²) in [5.41, 5.74) is 1.70. The fourth-order valence-electron chi connectivity index (χ4n) is 2.98. The van der Waals surface area contributed by atoms with Crippen molar-refractivity contribution in [1.29, 1.82) is 0 Å². The molecule has 0 spiro atoms. The summed E-state index contributed by atoms with van der Waals surface area (Å²) in [6.45, 7) is 1.16. The van der Waals surface area contributed by atoms with Crippen LogP contribution < -0.4 is 4.90 Å². The van der Waals surface area contributed by atoms with Gasteiger partial charge in [0, 0.05) is 30.4 Å². The lowest BCUT2D eigenvalue weighted by Crippen LogP contribution is -2.36. The zero-order valence-corrected chi connectivity index (χ0v) is 13.2. The summed E-state index contributed by atoms with van der Waals surface area (Å²) >= 11 is 0. The number of halogens is 1. The maximum atomic E-state index is 14.0. The van der Waals surface area contributed by atoms with Crippen molar-refractivity contribution in [3.05, 3.63) is 47.9 Å². The largest absolute Gasteiger partial charge is 0.481 e. The molecular formula is C18H19FN2O3. The molecule has 0 aliphatic carbocycles. The Labute approximate surface area is 139 Å². The van der Waals surface area contributed by atoms with Crippen LogP contribution in [-0.4, -0.2) is 34.3 Å². The molecule has 0 bridgehead atoms. The molecule has 0 amide bonds. The summed E-state index contributed by atoms with van der Waals surface area (Å²) in [7, 11) is 0. The minimum atomic E-state index is -0.739. The van der Waals surface area contributed by atoms with Gasteiger partial charge in [-0.1, -0.05) is 6.07 Å². The van der Waals surface area contributed by atoms with Gasteiger partial charge in [-0.05, 0) is 42.7 Å². The van der Waals surface area contributed by atoms with Crippen molar-refractivity contribution in [1.82, 2.24) is 4.98 Å². The highest BCUT2D eigenvalue weighted by molar-refractivity contribution is 5.70. The highest BCUT2D eigenvalue weighted by Crippen LogP contribution is 2.27. The van der Waals surface area contributed by atoms with Crippen LogP contribution in [0.4, 0.5) is 10.2 Å². The minimum absolute atomic E-state index is 0.142. The van der Waals surface area contributed by atoms with Gasteiger partial charge < -0.3 is 15.1 Å². The molecule has 0 atom stereocenters. The number of aliphatic hydroxyl groups excluding tert-OH is 1. The van der Waals surface area contributed by atoms with Crippen LogP contribution in [0.1, 0.15) is 18.4 Å². The van der Waals surface area contributed by atoms with Crippen LogP contribution in [-0.2, 0) is 11.4 Å². The SMILES string of the molecule is O=C(O)C1CCN(c2ccc(-c3cc(CO)ccc3F)cn2)CC1. The second kappa shape index (κ2) is 6.97. The van der Waals surface area contributed by atoms with Crippen LogP contribution in [0.3, 0.4) is 0 Å². The van der Waals surface area contributed by atoms with Crippen molar-refractivity contribution >= 4 is 11.8 Å². The number of benzene rings is 1. The van der Waals surface area contributed by atoms with Crippen molar-refractivity contribution < 1.29 is 19.4 Å². The van der Waals surface area contributed by atoms with Crippen molar-refractivity contribution in [2.24, 2.45) is 5.92 Å². The van der Waals surface area contributed by atoms with Gasteiger partial charge >= 0.3 is 5.97 Å². The fraction of sp³-hybridized carbons (Fsp3) is 0.333. The van der Waals surface area contributed by atoms with Crippen LogP contribution in [0.5, 0.6) is 0 Å². The van der Waals surface area contributed by atoms with Gasteiger partial charge in [0.05, 0.1) is 12.5 Å². The molecule has 0 unspecified atom stereocenters. The van der Waals surface area contributed by atoms with Gasteiger partial charge in [-0.15, -0.1) is 0 Å². The topological polar surface area (TPSA) is 73.7 Å². The molecule has 1 aliphatic rings. The molecule has 2 N–H and O–H groups in total. The Morgan fingerprint density at radius 3 is 2.58 bits per heavy atom. The van der Waals surface area contributed by atoms with Crippen molar-refractivity contribution in [3.8, 4) is 11.1 Å². The Balaban J connectivity index is 1.76. The molecule has 0 radical (unpaired) electrons. The van der Waals surface area contributed by atoms with Crippen LogP contribution in [0.15, 0.2) is 36.5 Å². The number of rotatable bonds is 4. The zero-order valence-electron chi connectivity index (χ0n) is 13.2. The first kappa shape index (κ1) is 16.4. The van der Waals surface area contributed by atoms with Crippen LogP contribution in [0.25, 0.3) is 11.1 Å². The van der Waals surface area contributed by atoms with Gasteiger partial charge in [0.25, 0.3) is 0 Å². The van der Waals surface area contributed by atoms with E-state index in [-0.39, 0.29) is 18.3 Å². The summed E-state index contributed by atoms with van der Waals surface area (Å²) in [6, 6.07) is 8.12. The predicted molar refractivity (Wildman–Crippen MR) is 88.1 cm³/mol. The first-order valence-corrected chi connectivity index (χ1v) is 7.92. The van der Waals surface area contributed by atoms with Gasteiger partial charge in [-0.2, -0.15) is 0 Å². The lowest BCUT2D eigenvalue weighted by molar-refractivity contribution is -0.142. The Hall–Kier alpha value is -2.47. The average Bonchev–Trinajstić information content (AvgIpc) is 2.62. The number of hydrogen-bond acceptors (Lipinski definition) is 4. The fourth-order valence-corrected chi connectivity index (χ4v) is 2.98. The molecule has 126 valence electrons. The van der Waals surface area contributed by atoms with E-state index in [4.69, 9.17) is 5.11 Å². The third-order valence-electron chi connectivity index (χ3n) is 4.44. The predicted octanol–water partition coefficient (Wildman–Crippen LogP) is 2.68. The van der Waals surface area contributed by atoms with Crippen molar-refractivity contribution in [2.45, 2.75) is 19.4 Å². The monoisotopic (exact) mass is 330 g/mol. The molecule has 6 heteroatoms. The number of carboxylic acid groups (broad SMARTS) is 1. The maximum absolute atomic E-state index is 14.0. The molecule has 2 aromatic rings. The van der Waals surface area contributed by atoms with E-state index in [1.165, 1.54) is 6.07 Å². The molecule has 1 fully saturated rings. The molecular weight excluding hydrogens is 311 g/mol. The molecule has 3 rings (SSSR count). The first-order chi connectivity index (χ1) is 11.6. The summed E-state index contributed by atoms with van der Waals surface area (Å²) in [4.78, 5) is 17.4. The molecule has 1 aliphatic heterocycles. The Morgan fingerprint density at radius 2 is 2.00 bits per heavy atom. The van der Waals surface area contributed by atoms with E-state index in [0.29, 0.717) is 42.6 Å². The van der Waals surface area contributed by atoms with Gasteiger partial charge in [-0.25, -0.2) is 9.37 Å². The minimum Gasteiger partial charge on any atom is -0.481 e.